The van der Waals surface area contributed by atoms with E-state index in [1.807, 2.05) is 25.1 Å². The van der Waals surface area contributed by atoms with Crippen molar-refractivity contribution in [2.75, 3.05) is 17.7 Å². The van der Waals surface area contributed by atoms with Crippen molar-refractivity contribution in [3.05, 3.63) is 88.9 Å². The van der Waals surface area contributed by atoms with E-state index in [1.165, 1.54) is 0 Å². The molecule has 2 heterocycles. The predicted octanol–water partition coefficient (Wildman–Crippen LogP) is 4.79. The van der Waals surface area contributed by atoms with Crippen LogP contribution in [0.2, 0.25) is 0 Å². The number of hydrogen-bond acceptors (Lipinski definition) is 6. The summed E-state index contributed by atoms with van der Waals surface area (Å²) in [6, 6.07) is 15.9. The molecular formula is C25H24N2O5S. The zero-order chi connectivity index (χ0) is 23.4. The molecule has 1 atom stereocenters. The van der Waals surface area contributed by atoms with Gasteiger partial charge in [0.1, 0.15) is 11.1 Å². The fraction of sp³-hybridized carbons (Fsp3) is 0.240. The van der Waals surface area contributed by atoms with Crippen LogP contribution in [0.15, 0.2) is 65.3 Å². The van der Waals surface area contributed by atoms with Crippen molar-refractivity contribution in [3.63, 3.8) is 0 Å². The minimum absolute atomic E-state index is 0.0601. The van der Waals surface area contributed by atoms with Gasteiger partial charge < -0.3 is 19.4 Å². The van der Waals surface area contributed by atoms with Crippen LogP contribution >= 0.6 is 11.8 Å². The first-order valence-corrected chi connectivity index (χ1v) is 11.6. The number of furan rings is 1. The van der Waals surface area contributed by atoms with Crippen LogP contribution in [0.25, 0.3) is 0 Å². The Labute approximate surface area is 196 Å². The second-order valence-electron chi connectivity index (χ2n) is 7.59. The minimum atomic E-state index is -0.390. The number of hydrogen-bond donors (Lipinski definition) is 1. The first kappa shape index (κ1) is 22.7. The maximum Gasteiger partial charge on any atom is 0.338 e. The zero-order valence-corrected chi connectivity index (χ0v) is 19.2. The molecule has 1 saturated heterocycles. The highest BCUT2D eigenvalue weighted by atomic mass is 32.2. The third-order valence-electron chi connectivity index (χ3n) is 5.32. The molecule has 0 radical (unpaired) electrons. The SMILES string of the molecule is CCOC(=O)c1ccc(NC(=O)c2ccc([C@H]3SCC(=O)N3Cc3ccco3)cc2)c(C)c1. The van der Waals surface area contributed by atoms with Crippen molar-refractivity contribution in [1.82, 2.24) is 4.90 Å². The van der Waals surface area contributed by atoms with Gasteiger partial charge in [0.2, 0.25) is 5.91 Å². The van der Waals surface area contributed by atoms with Gasteiger partial charge in [-0.1, -0.05) is 12.1 Å². The van der Waals surface area contributed by atoms with Gasteiger partial charge in [0.15, 0.2) is 0 Å². The summed E-state index contributed by atoms with van der Waals surface area (Å²) in [5, 5.41) is 2.76. The Morgan fingerprint density at radius 2 is 1.91 bits per heavy atom. The molecule has 1 aliphatic rings. The van der Waals surface area contributed by atoms with Gasteiger partial charge in [0.25, 0.3) is 5.91 Å². The Balaban J connectivity index is 1.44. The van der Waals surface area contributed by atoms with Crippen LogP contribution in [-0.2, 0) is 16.1 Å². The Morgan fingerprint density at radius 3 is 2.58 bits per heavy atom. The number of benzene rings is 2. The molecule has 170 valence electrons. The van der Waals surface area contributed by atoms with E-state index >= 15 is 0 Å². The topological polar surface area (TPSA) is 88.8 Å². The van der Waals surface area contributed by atoms with Gasteiger partial charge in [0.05, 0.1) is 30.7 Å². The maximum atomic E-state index is 12.8. The quantitative estimate of drug-likeness (QED) is 0.506. The first-order chi connectivity index (χ1) is 16.0. The second-order valence-corrected chi connectivity index (χ2v) is 8.66. The predicted molar refractivity (Wildman–Crippen MR) is 126 cm³/mol. The summed E-state index contributed by atoms with van der Waals surface area (Å²) in [5.41, 5.74) is 3.28. The normalized spacial score (nSPS) is 15.5. The van der Waals surface area contributed by atoms with Crippen molar-refractivity contribution in [1.29, 1.82) is 0 Å². The summed E-state index contributed by atoms with van der Waals surface area (Å²) < 4.78 is 10.4. The van der Waals surface area contributed by atoms with Crippen molar-refractivity contribution >= 4 is 35.2 Å². The lowest BCUT2D eigenvalue weighted by atomic mass is 10.1. The molecule has 0 spiro atoms. The van der Waals surface area contributed by atoms with E-state index in [-0.39, 0.29) is 17.2 Å². The second kappa shape index (κ2) is 9.95. The highest BCUT2D eigenvalue weighted by molar-refractivity contribution is 8.00. The molecule has 2 amide bonds. The number of carbonyl (C=O) groups is 3. The molecule has 1 fully saturated rings. The molecule has 2 aromatic carbocycles. The van der Waals surface area contributed by atoms with Crippen LogP contribution in [0.5, 0.6) is 0 Å². The Kier molecular flexibility index (Phi) is 6.84. The van der Waals surface area contributed by atoms with Crippen LogP contribution in [-0.4, -0.2) is 35.0 Å². The number of anilines is 1. The minimum Gasteiger partial charge on any atom is -0.467 e. The Morgan fingerprint density at radius 1 is 1.15 bits per heavy atom. The van der Waals surface area contributed by atoms with Crippen LogP contribution in [0, 0.1) is 6.92 Å². The summed E-state index contributed by atoms with van der Waals surface area (Å²) in [5.74, 6) is 0.560. The molecule has 1 aliphatic heterocycles. The number of aryl methyl sites for hydroxylation is 1. The van der Waals surface area contributed by atoms with Crippen LogP contribution in [0.1, 0.15) is 49.9 Å². The van der Waals surface area contributed by atoms with Crippen LogP contribution in [0.3, 0.4) is 0 Å². The van der Waals surface area contributed by atoms with Crippen LogP contribution < -0.4 is 5.32 Å². The number of rotatable bonds is 7. The lowest BCUT2D eigenvalue weighted by molar-refractivity contribution is -0.128. The van der Waals surface area contributed by atoms with E-state index in [0.717, 1.165) is 16.9 Å². The first-order valence-electron chi connectivity index (χ1n) is 10.6. The number of carbonyl (C=O) groups excluding carboxylic acids is 3. The van der Waals surface area contributed by atoms with Gasteiger partial charge >= 0.3 is 5.97 Å². The molecule has 4 rings (SSSR count). The highest BCUT2D eigenvalue weighted by Gasteiger charge is 2.33. The van der Waals surface area contributed by atoms with E-state index < -0.39 is 5.97 Å². The molecule has 33 heavy (non-hydrogen) atoms. The van der Waals surface area contributed by atoms with E-state index in [0.29, 0.717) is 35.7 Å². The van der Waals surface area contributed by atoms with Crippen molar-refractivity contribution in [2.45, 2.75) is 25.8 Å². The van der Waals surface area contributed by atoms with Gasteiger partial charge in [-0.15, -0.1) is 11.8 Å². The third-order valence-corrected chi connectivity index (χ3v) is 6.57. The van der Waals surface area contributed by atoms with Gasteiger partial charge in [-0.2, -0.15) is 0 Å². The smallest absolute Gasteiger partial charge is 0.338 e. The zero-order valence-electron chi connectivity index (χ0n) is 18.4. The van der Waals surface area contributed by atoms with Gasteiger partial charge in [-0.25, -0.2) is 4.79 Å². The third kappa shape index (κ3) is 5.12. The van der Waals surface area contributed by atoms with Gasteiger partial charge in [-0.05, 0) is 67.4 Å². The van der Waals surface area contributed by atoms with E-state index in [2.05, 4.69) is 5.32 Å². The maximum absolute atomic E-state index is 12.8. The Bertz CT molecular complexity index is 1160. The van der Waals surface area contributed by atoms with Crippen molar-refractivity contribution in [3.8, 4) is 0 Å². The summed E-state index contributed by atoms with van der Waals surface area (Å²) in [6.45, 7) is 4.29. The molecule has 1 N–H and O–H groups in total. The van der Waals surface area contributed by atoms with Crippen molar-refractivity contribution in [2.24, 2.45) is 0 Å². The summed E-state index contributed by atoms with van der Waals surface area (Å²) >= 11 is 1.56. The average Bonchev–Trinajstić information content (AvgIpc) is 3.46. The fourth-order valence-corrected chi connectivity index (χ4v) is 4.80. The van der Waals surface area contributed by atoms with Gasteiger partial charge in [0, 0.05) is 11.3 Å². The Hall–Kier alpha value is -3.52. The lowest BCUT2D eigenvalue weighted by Gasteiger charge is -2.23. The number of nitrogens with zero attached hydrogens (tertiary/aromatic N) is 1. The lowest BCUT2D eigenvalue weighted by Crippen LogP contribution is -2.27. The van der Waals surface area contributed by atoms with Crippen molar-refractivity contribution < 1.29 is 23.5 Å². The molecule has 0 unspecified atom stereocenters. The number of nitrogens with one attached hydrogen (secondary N) is 1. The molecule has 3 aromatic rings. The van der Waals surface area contributed by atoms with Crippen LogP contribution in [0.4, 0.5) is 5.69 Å². The molecule has 1 aromatic heterocycles. The molecule has 7 nitrogen and oxygen atoms in total. The summed E-state index contributed by atoms with van der Waals surface area (Å²) in [7, 11) is 0. The largest absolute Gasteiger partial charge is 0.467 e. The van der Waals surface area contributed by atoms with Gasteiger partial charge in [-0.3, -0.25) is 9.59 Å². The van der Waals surface area contributed by atoms with E-state index in [9.17, 15) is 14.4 Å². The number of thioether (sulfide) groups is 1. The number of ether oxygens (including phenoxy) is 1. The van der Waals surface area contributed by atoms with E-state index in [1.54, 1.807) is 66.2 Å². The van der Waals surface area contributed by atoms with E-state index in [4.69, 9.17) is 9.15 Å². The molecule has 0 saturated carbocycles. The molecule has 0 aliphatic carbocycles. The molecule has 0 bridgehead atoms. The fourth-order valence-electron chi connectivity index (χ4n) is 3.61. The summed E-state index contributed by atoms with van der Waals surface area (Å²) in [4.78, 5) is 38.8. The summed E-state index contributed by atoms with van der Waals surface area (Å²) in [6.07, 6.45) is 1.59. The molecular weight excluding hydrogens is 440 g/mol. The monoisotopic (exact) mass is 464 g/mol. The number of esters is 1. The standard InChI is InChI=1S/C25H24N2O5S/c1-3-31-25(30)19-10-11-21(16(2)13-19)26-23(29)17-6-8-18(9-7-17)24-27(22(28)15-33-24)14-20-5-4-12-32-20/h4-13,24H,3,14-15H2,1-2H3,(H,26,29)/t24-/m1/s1. The number of amides is 2. The average molecular weight is 465 g/mol. The molecule has 8 heteroatoms. The highest BCUT2D eigenvalue weighted by Crippen LogP contribution is 2.39.